The first-order chi connectivity index (χ1) is 12.5. The number of likely N-dealkylation sites (tertiary alicyclic amines) is 1. The first-order valence-corrected chi connectivity index (χ1v) is 9.45. The van der Waals surface area contributed by atoms with Gasteiger partial charge < -0.3 is 10.1 Å². The first kappa shape index (κ1) is 18.7. The van der Waals surface area contributed by atoms with E-state index in [9.17, 15) is 9.59 Å². The molecule has 1 fully saturated rings. The summed E-state index contributed by atoms with van der Waals surface area (Å²) < 4.78 is 6.06. The molecule has 0 spiro atoms. The summed E-state index contributed by atoms with van der Waals surface area (Å²) in [6.07, 6.45) is 0.910. The van der Waals surface area contributed by atoms with Crippen molar-refractivity contribution in [2.45, 2.75) is 25.5 Å². The monoisotopic (exact) mass is 436 g/mol. The van der Waals surface area contributed by atoms with Crippen molar-refractivity contribution in [2.75, 3.05) is 11.9 Å². The molecule has 0 unspecified atom stereocenters. The Hall–Kier alpha value is -2.05. The van der Waals surface area contributed by atoms with Crippen LogP contribution in [-0.2, 0) is 16.1 Å². The molecule has 3 rings (SSSR count). The molecule has 0 radical (unpaired) electrons. The lowest BCUT2D eigenvalue weighted by Gasteiger charge is -2.23. The molecule has 0 bridgehead atoms. The summed E-state index contributed by atoms with van der Waals surface area (Å²) in [4.78, 5) is 26.5. The fraction of sp³-hybridized carbons (Fsp3) is 0.263. The SMILES string of the molecule is O=C(Nc1ccc(Cl)c(Br)c1)[C@H]1CCCN1C(=O)OCc1ccccc1. The Bertz CT molecular complexity index is 801. The van der Waals surface area contributed by atoms with Crippen LogP contribution in [0.4, 0.5) is 10.5 Å². The third-order valence-electron chi connectivity index (χ3n) is 4.18. The van der Waals surface area contributed by atoms with Gasteiger partial charge in [-0.25, -0.2) is 4.79 Å². The fourth-order valence-corrected chi connectivity index (χ4v) is 3.36. The van der Waals surface area contributed by atoms with Crippen molar-refractivity contribution in [1.29, 1.82) is 0 Å². The Labute approximate surface area is 165 Å². The zero-order chi connectivity index (χ0) is 18.5. The van der Waals surface area contributed by atoms with Crippen LogP contribution in [0.3, 0.4) is 0 Å². The van der Waals surface area contributed by atoms with Crippen LogP contribution in [0.5, 0.6) is 0 Å². The average Bonchev–Trinajstić information content (AvgIpc) is 3.14. The molecule has 5 nitrogen and oxygen atoms in total. The molecular formula is C19H18BrClN2O3. The lowest BCUT2D eigenvalue weighted by molar-refractivity contribution is -0.120. The summed E-state index contributed by atoms with van der Waals surface area (Å²) in [6.45, 7) is 0.699. The maximum Gasteiger partial charge on any atom is 0.410 e. The number of ether oxygens (including phenoxy) is 1. The van der Waals surface area contributed by atoms with Gasteiger partial charge in [0.2, 0.25) is 5.91 Å². The van der Waals surface area contributed by atoms with Crippen LogP contribution < -0.4 is 5.32 Å². The maximum absolute atomic E-state index is 12.6. The van der Waals surface area contributed by atoms with Gasteiger partial charge in [-0.15, -0.1) is 0 Å². The van der Waals surface area contributed by atoms with E-state index in [1.54, 1.807) is 18.2 Å². The number of nitrogens with one attached hydrogen (secondary N) is 1. The summed E-state index contributed by atoms with van der Waals surface area (Å²) in [5.41, 5.74) is 1.53. The van der Waals surface area contributed by atoms with Crippen LogP contribution in [0.1, 0.15) is 18.4 Å². The van der Waals surface area contributed by atoms with E-state index in [4.69, 9.17) is 16.3 Å². The number of carbonyl (C=O) groups is 2. The number of anilines is 1. The molecule has 136 valence electrons. The van der Waals surface area contributed by atoms with Crippen molar-refractivity contribution < 1.29 is 14.3 Å². The van der Waals surface area contributed by atoms with Crippen molar-refractivity contribution in [3.63, 3.8) is 0 Å². The number of halogens is 2. The topological polar surface area (TPSA) is 58.6 Å². The Kier molecular flexibility index (Phi) is 6.16. The summed E-state index contributed by atoms with van der Waals surface area (Å²) in [7, 11) is 0. The molecule has 0 aromatic heterocycles. The second-order valence-electron chi connectivity index (χ2n) is 6.01. The summed E-state index contributed by atoms with van der Waals surface area (Å²) in [5.74, 6) is -0.228. The van der Waals surface area contributed by atoms with Crippen LogP contribution in [0.2, 0.25) is 5.02 Å². The van der Waals surface area contributed by atoms with Crippen molar-refractivity contribution in [3.05, 3.63) is 63.6 Å². The summed E-state index contributed by atoms with van der Waals surface area (Å²) >= 11 is 9.29. The Balaban J connectivity index is 1.60. The van der Waals surface area contributed by atoms with E-state index in [-0.39, 0.29) is 12.5 Å². The molecule has 2 amide bonds. The van der Waals surface area contributed by atoms with Crippen LogP contribution >= 0.6 is 27.5 Å². The molecule has 0 saturated carbocycles. The lowest BCUT2D eigenvalue weighted by Crippen LogP contribution is -2.43. The highest BCUT2D eigenvalue weighted by atomic mass is 79.9. The van der Waals surface area contributed by atoms with Gasteiger partial charge in [0.15, 0.2) is 0 Å². The number of hydrogen-bond donors (Lipinski definition) is 1. The molecule has 1 N–H and O–H groups in total. The van der Waals surface area contributed by atoms with Gasteiger partial charge in [0.1, 0.15) is 12.6 Å². The van der Waals surface area contributed by atoms with Gasteiger partial charge in [0.05, 0.1) is 5.02 Å². The van der Waals surface area contributed by atoms with Crippen LogP contribution in [0, 0.1) is 0 Å². The van der Waals surface area contributed by atoms with Gasteiger partial charge in [0.25, 0.3) is 0 Å². The zero-order valence-electron chi connectivity index (χ0n) is 14.0. The highest BCUT2D eigenvalue weighted by Gasteiger charge is 2.35. The minimum Gasteiger partial charge on any atom is -0.445 e. The number of benzene rings is 2. The number of nitrogens with zero attached hydrogens (tertiary/aromatic N) is 1. The van der Waals surface area contributed by atoms with Crippen molar-refractivity contribution in [2.24, 2.45) is 0 Å². The minimum atomic E-state index is -0.535. The lowest BCUT2D eigenvalue weighted by atomic mass is 10.2. The highest BCUT2D eigenvalue weighted by Crippen LogP contribution is 2.26. The van der Waals surface area contributed by atoms with E-state index in [2.05, 4.69) is 21.2 Å². The molecule has 2 aromatic carbocycles. The summed E-state index contributed by atoms with van der Waals surface area (Å²) in [6, 6.07) is 14.1. The first-order valence-electron chi connectivity index (χ1n) is 8.28. The number of hydrogen-bond acceptors (Lipinski definition) is 3. The van der Waals surface area contributed by atoms with Crippen molar-refractivity contribution in [1.82, 2.24) is 4.90 Å². The molecule has 1 aliphatic heterocycles. The number of carbonyl (C=O) groups excluding carboxylic acids is 2. The third-order valence-corrected chi connectivity index (χ3v) is 5.40. The van der Waals surface area contributed by atoms with Crippen LogP contribution in [-0.4, -0.2) is 29.5 Å². The molecule has 7 heteroatoms. The molecule has 26 heavy (non-hydrogen) atoms. The van der Waals surface area contributed by atoms with Gasteiger partial charge >= 0.3 is 6.09 Å². The van der Waals surface area contributed by atoms with E-state index < -0.39 is 12.1 Å². The predicted octanol–water partition coefficient (Wildman–Crippen LogP) is 4.84. The third kappa shape index (κ3) is 4.56. The molecule has 0 aliphatic carbocycles. The Morgan fingerprint density at radius 2 is 2.00 bits per heavy atom. The Morgan fingerprint density at radius 3 is 2.73 bits per heavy atom. The van der Waals surface area contributed by atoms with Gasteiger partial charge in [-0.3, -0.25) is 9.69 Å². The second kappa shape index (κ2) is 8.56. The van der Waals surface area contributed by atoms with Crippen molar-refractivity contribution in [3.8, 4) is 0 Å². The second-order valence-corrected chi connectivity index (χ2v) is 7.27. The average molecular weight is 438 g/mol. The van der Waals surface area contributed by atoms with Crippen LogP contribution in [0.15, 0.2) is 53.0 Å². The Morgan fingerprint density at radius 1 is 1.23 bits per heavy atom. The fourth-order valence-electron chi connectivity index (χ4n) is 2.86. The number of amides is 2. The molecular weight excluding hydrogens is 420 g/mol. The van der Waals surface area contributed by atoms with Gasteiger partial charge in [-0.1, -0.05) is 41.9 Å². The predicted molar refractivity (Wildman–Crippen MR) is 104 cm³/mol. The molecule has 1 heterocycles. The maximum atomic E-state index is 12.6. The van der Waals surface area contributed by atoms with Crippen molar-refractivity contribution >= 4 is 45.2 Å². The van der Waals surface area contributed by atoms with E-state index in [1.807, 2.05) is 30.3 Å². The largest absolute Gasteiger partial charge is 0.445 e. The van der Waals surface area contributed by atoms with Gasteiger partial charge in [-0.05, 0) is 52.5 Å². The number of rotatable bonds is 4. The minimum absolute atomic E-state index is 0.189. The van der Waals surface area contributed by atoms with Gasteiger partial charge in [0, 0.05) is 16.7 Å². The molecule has 1 aliphatic rings. The van der Waals surface area contributed by atoms with E-state index in [1.165, 1.54) is 4.90 Å². The molecule has 1 saturated heterocycles. The molecule has 2 aromatic rings. The molecule has 1 atom stereocenters. The van der Waals surface area contributed by atoms with E-state index >= 15 is 0 Å². The van der Waals surface area contributed by atoms with Crippen LogP contribution in [0.25, 0.3) is 0 Å². The van der Waals surface area contributed by atoms with Gasteiger partial charge in [-0.2, -0.15) is 0 Å². The van der Waals surface area contributed by atoms with E-state index in [0.717, 1.165) is 12.0 Å². The quantitative estimate of drug-likeness (QED) is 0.744. The highest BCUT2D eigenvalue weighted by molar-refractivity contribution is 9.10. The zero-order valence-corrected chi connectivity index (χ0v) is 16.3. The standard InChI is InChI=1S/C19H18BrClN2O3/c20-15-11-14(8-9-16(15)21)22-18(24)17-7-4-10-23(17)19(25)26-12-13-5-2-1-3-6-13/h1-3,5-6,8-9,11,17H,4,7,10,12H2,(H,22,24)/t17-/m1/s1. The smallest absolute Gasteiger partial charge is 0.410 e. The summed E-state index contributed by atoms with van der Waals surface area (Å²) in [5, 5.41) is 3.40. The van der Waals surface area contributed by atoms with E-state index in [0.29, 0.717) is 28.1 Å². The normalized spacial score (nSPS) is 16.4.